The van der Waals surface area contributed by atoms with E-state index in [2.05, 4.69) is 10.5 Å². The van der Waals surface area contributed by atoms with Gasteiger partial charge in [0.25, 0.3) is 0 Å². The van der Waals surface area contributed by atoms with Crippen molar-refractivity contribution in [1.29, 1.82) is 0 Å². The molecule has 4 aromatic rings. The Bertz CT molecular complexity index is 1080. The minimum Gasteiger partial charge on any atom is -0.356 e. The summed E-state index contributed by atoms with van der Waals surface area (Å²) in [6, 6.07) is 15.6. The first kappa shape index (κ1) is 16.4. The average Bonchev–Trinajstić information content (AvgIpc) is 3.19. The van der Waals surface area contributed by atoms with Crippen LogP contribution in [0.15, 0.2) is 59.3 Å². The number of carbonyl (C=O) groups is 1. The standard InChI is InChI=1S/C20H20N4O2/c1-23(2)12-17-16-11-15(7-8-19(16)26-22-17)21-20(25)13-24-10-9-14-5-3-4-6-18(14)24/h3-11H,12-13H2,1-2H3,(H,21,25). The molecule has 0 aliphatic rings. The number of nitrogens with zero attached hydrogens (tertiary/aromatic N) is 3. The van der Waals surface area contributed by atoms with Gasteiger partial charge in [-0.1, -0.05) is 23.4 Å². The van der Waals surface area contributed by atoms with Crippen LogP contribution in [-0.4, -0.2) is 34.6 Å². The molecule has 1 N–H and O–H groups in total. The summed E-state index contributed by atoms with van der Waals surface area (Å²) in [5, 5.41) is 9.13. The zero-order valence-electron chi connectivity index (χ0n) is 14.8. The lowest BCUT2D eigenvalue weighted by atomic mass is 10.2. The molecule has 26 heavy (non-hydrogen) atoms. The van der Waals surface area contributed by atoms with Crippen molar-refractivity contribution in [2.24, 2.45) is 0 Å². The predicted octanol–water partition coefficient (Wildman–Crippen LogP) is 3.48. The van der Waals surface area contributed by atoms with Gasteiger partial charge in [-0.25, -0.2) is 0 Å². The van der Waals surface area contributed by atoms with E-state index in [0.717, 1.165) is 33.3 Å². The summed E-state index contributed by atoms with van der Waals surface area (Å²) in [4.78, 5) is 14.5. The molecule has 0 saturated heterocycles. The van der Waals surface area contributed by atoms with Crippen LogP contribution in [0.1, 0.15) is 5.69 Å². The van der Waals surface area contributed by atoms with Crippen molar-refractivity contribution in [3.8, 4) is 0 Å². The van der Waals surface area contributed by atoms with Gasteiger partial charge in [-0.15, -0.1) is 0 Å². The molecule has 132 valence electrons. The molecule has 0 atom stereocenters. The highest BCUT2D eigenvalue weighted by Gasteiger charge is 2.12. The highest BCUT2D eigenvalue weighted by atomic mass is 16.5. The molecule has 2 heterocycles. The fraction of sp³-hybridized carbons (Fsp3) is 0.200. The summed E-state index contributed by atoms with van der Waals surface area (Å²) in [5.74, 6) is -0.0729. The van der Waals surface area contributed by atoms with E-state index in [4.69, 9.17) is 4.52 Å². The van der Waals surface area contributed by atoms with E-state index >= 15 is 0 Å². The third-order valence-electron chi connectivity index (χ3n) is 4.29. The Morgan fingerprint density at radius 1 is 1.19 bits per heavy atom. The molecule has 0 aliphatic heterocycles. The molecule has 0 bridgehead atoms. The summed E-state index contributed by atoms with van der Waals surface area (Å²) in [5.41, 5.74) is 3.36. The first-order valence-electron chi connectivity index (χ1n) is 8.47. The van der Waals surface area contributed by atoms with Crippen LogP contribution < -0.4 is 5.32 Å². The van der Waals surface area contributed by atoms with Crippen molar-refractivity contribution in [3.05, 3.63) is 60.4 Å². The maximum absolute atomic E-state index is 12.5. The van der Waals surface area contributed by atoms with Crippen molar-refractivity contribution < 1.29 is 9.32 Å². The monoisotopic (exact) mass is 348 g/mol. The molecular weight excluding hydrogens is 328 g/mol. The van der Waals surface area contributed by atoms with E-state index in [-0.39, 0.29) is 12.5 Å². The number of aromatic nitrogens is 2. The van der Waals surface area contributed by atoms with E-state index in [0.29, 0.717) is 6.54 Å². The molecule has 0 radical (unpaired) electrons. The summed E-state index contributed by atoms with van der Waals surface area (Å²) < 4.78 is 7.29. The lowest BCUT2D eigenvalue weighted by Gasteiger charge is -2.08. The van der Waals surface area contributed by atoms with Gasteiger partial charge in [0.15, 0.2) is 5.58 Å². The second kappa shape index (κ2) is 6.65. The van der Waals surface area contributed by atoms with Crippen LogP contribution in [0.25, 0.3) is 21.9 Å². The zero-order valence-corrected chi connectivity index (χ0v) is 14.8. The first-order valence-corrected chi connectivity index (χ1v) is 8.47. The van der Waals surface area contributed by atoms with Crippen LogP contribution in [0.5, 0.6) is 0 Å². The Balaban J connectivity index is 1.53. The van der Waals surface area contributed by atoms with Crippen molar-refractivity contribution in [1.82, 2.24) is 14.6 Å². The van der Waals surface area contributed by atoms with Crippen LogP contribution in [0, 0.1) is 0 Å². The van der Waals surface area contributed by atoms with Crippen molar-refractivity contribution in [2.75, 3.05) is 19.4 Å². The number of fused-ring (bicyclic) bond motifs is 2. The first-order chi connectivity index (χ1) is 12.6. The molecule has 0 saturated carbocycles. The van der Waals surface area contributed by atoms with Gasteiger partial charge in [0.2, 0.25) is 5.91 Å². The fourth-order valence-corrected chi connectivity index (χ4v) is 3.11. The Labute approximate surface area is 151 Å². The Kier molecular flexibility index (Phi) is 4.18. The Morgan fingerprint density at radius 3 is 2.88 bits per heavy atom. The highest BCUT2D eigenvalue weighted by molar-refractivity contribution is 5.94. The molecular formula is C20H20N4O2. The number of hydrogen-bond donors (Lipinski definition) is 1. The molecule has 2 aromatic heterocycles. The Hall–Kier alpha value is -3.12. The maximum atomic E-state index is 12.5. The predicted molar refractivity (Wildman–Crippen MR) is 102 cm³/mol. The van der Waals surface area contributed by atoms with Gasteiger partial charge in [0.05, 0.1) is 0 Å². The summed E-state index contributed by atoms with van der Waals surface area (Å²) in [6.07, 6.45) is 1.93. The lowest BCUT2D eigenvalue weighted by Crippen LogP contribution is -2.18. The molecule has 1 amide bonds. The molecule has 4 rings (SSSR count). The second-order valence-corrected chi connectivity index (χ2v) is 6.63. The van der Waals surface area contributed by atoms with Gasteiger partial charge in [-0.3, -0.25) is 4.79 Å². The van der Waals surface area contributed by atoms with E-state index in [1.807, 2.05) is 78.3 Å². The molecule has 0 aliphatic carbocycles. The zero-order chi connectivity index (χ0) is 18.1. The van der Waals surface area contributed by atoms with Gasteiger partial charge in [-0.2, -0.15) is 0 Å². The number of rotatable bonds is 5. The lowest BCUT2D eigenvalue weighted by molar-refractivity contribution is -0.116. The quantitative estimate of drug-likeness (QED) is 0.600. The van der Waals surface area contributed by atoms with Gasteiger partial charge < -0.3 is 19.3 Å². The minimum absolute atomic E-state index is 0.0729. The number of carbonyl (C=O) groups excluding carboxylic acids is 1. The third-order valence-corrected chi connectivity index (χ3v) is 4.29. The number of benzene rings is 2. The molecule has 0 unspecified atom stereocenters. The van der Waals surface area contributed by atoms with Gasteiger partial charge in [0.1, 0.15) is 12.2 Å². The van der Waals surface area contributed by atoms with E-state index in [1.165, 1.54) is 0 Å². The molecule has 6 heteroatoms. The fourth-order valence-electron chi connectivity index (χ4n) is 3.11. The van der Waals surface area contributed by atoms with Crippen LogP contribution >= 0.6 is 0 Å². The summed E-state index contributed by atoms with van der Waals surface area (Å²) >= 11 is 0. The summed E-state index contributed by atoms with van der Waals surface area (Å²) in [7, 11) is 3.96. The SMILES string of the molecule is CN(C)Cc1noc2ccc(NC(=O)Cn3ccc4ccccc43)cc12. The van der Waals surface area contributed by atoms with Crippen LogP contribution in [0.3, 0.4) is 0 Å². The third kappa shape index (κ3) is 3.19. The van der Waals surface area contributed by atoms with Crippen molar-refractivity contribution >= 4 is 33.5 Å². The second-order valence-electron chi connectivity index (χ2n) is 6.63. The number of anilines is 1. The number of nitrogens with one attached hydrogen (secondary N) is 1. The molecule has 0 spiro atoms. The Morgan fingerprint density at radius 2 is 2.04 bits per heavy atom. The number of para-hydroxylation sites is 1. The molecule has 2 aromatic carbocycles. The molecule has 0 fully saturated rings. The van der Waals surface area contributed by atoms with Crippen LogP contribution in [0.2, 0.25) is 0 Å². The minimum atomic E-state index is -0.0729. The van der Waals surface area contributed by atoms with Gasteiger partial charge in [-0.05, 0) is 49.8 Å². The number of amides is 1. The van der Waals surface area contributed by atoms with E-state index in [1.54, 1.807) is 0 Å². The van der Waals surface area contributed by atoms with E-state index < -0.39 is 0 Å². The van der Waals surface area contributed by atoms with E-state index in [9.17, 15) is 4.79 Å². The average molecular weight is 348 g/mol. The van der Waals surface area contributed by atoms with Crippen molar-refractivity contribution in [3.63, 3.8) is 0 Å². The van der Waals surface area contributed by atoms with Crippen molar-refractivity contribution in [2.45, 2.75) is 13.1 Å². The maximum Gasteiger partial charge on any atom is 0.244 e. The largest absolute Gasteiger partial charge is 0.356 e. The topological polar surface area (TPSA) is 63.3 Å². The van der Waals surface area contributed by atoms with Crippen LogP contribution in [0.4, 0.5) is 5.69 Å². The molecule has 6 nitrogen and oxygen atoms in total. The van der Waals surface area contributed by atoms with Gasteiger partial charge in [0, 0.05) is 29.3 Å². The normalized spacial score (nSPS) is 11.5. The highest BCUT2D eigenvalue weighted by Crippen LogP contribution is 2.23. The number of hydrogen-bond acceptors (Lipinski definition) is 4. The van der Waals surface area contributed by atoms with Crippen LogP contribution in [-0.2, 0) is 17.9 Å². The van der Waals surface area contributed by atoms with Gasteiger partial charge >= 0.3 is 0 Å². The smallest absolute Gasteiger partial charge is 0.244 e. The summed E-state index contributed by atoms with van der Waals surface area (Å²) in [6.45, 7) is 0.944.